The van der Waals surface area contributed by atoms with Gasteiger partial charge in [0.05, 0.1) is 25.0 Å². The zero-order valence-electron chi connectivity index (χ0n) is 8.70. The lowest BCUT2D eigenvalue weighted by Gasteiger charge is -1.96. The van der Waals surface area contributed by atoms with Gasteiger partial charge in [-0.1, -0.05) is 0 Å². The molecule has 1 aromatic rings. The van der Waals surface area contributed by atoms with Crippen molar-refractivity contribution in [3.8, 4) is 0 Å². The van der Waals surface area contributed by atoms with Gasteiger partial charge in [-0.05, 0) is 15.9 Å². The SMILES string of the molecule is COC(=O)c1sc(Br)cc1NC=[N+](C)C. The maximum Gasteiger partial charge on any atom is 0.352 e. The number of methoxy groups -OCH3 is 1. The monoisotopic (exact) mass is 291 g/mol. The Morgan fingerprint density at radius 1 is 1.67 bits per heavy atom. The smallest absolute Gasteiger partial charge is 0.352 e. The van der Waals surface area contributed by atoms with Crippen molar-refractivity contribution in [2.24, 2.45) is 0 Å². The van der Waals surface area contributed by atoms with Crippen molar-refractivity contribution in [1.82, 2.24) is 0 Å². The van der Waals surface area contributed by atoms with E-state index in [1.165, 1.54) is 18.4 Å². The topological polar surface area (TPSA) is 41.3 Å². The van der Waals surface area contributed by atoms with Gasteiger partial charge in [0, 0.05) is 6.07 Å². The molecule has 0 saturated heterocycles. The van der Waals surface area contributed by atoms with E-state index >= 15 is 0 Å². The Labute approximate surface area is 101 Å². The molecular weight excluding hydrogens is 280 g/mol. The van der Waals surface area contributed by atoms with E-state index < -0.39 is 0 Å². The molecule has 1 aromatic heterocycles. The molecule has 1 N–H and O–H groups in total. The number of nitrogens with zero attached hydrogens (tertiary/aromatic N) is 1. The maximum absolute atomic E-state index is 11.4. The number of ether oxygens (including phenoxy) is 1. The van der Waals surface area contributed by atoms with Gasteiger partial charge in [0.25, 0.3) is 0 Å². The number of hydrogen-bond acceptors (Lipinski definition) is 3. The summed E-state index contributed by atoms with van der Waals surface area (Å²) in [5.74, 6) is -0.333. The molecule has 0 aliphatic carbocycles. The minimum atomic E-state index is -0.333. The van der Waals surface area contributed by atoms with Gasteiger partial charge in [0.1, 0.15) is 0 Å². The second kappa shape index (κ2) is 5.27. The highest BCUT2D eigenvalue weighted by Crippen LogP contribution is 2.31. The predicted octanol–water partition coefficient (Wildman–Crippen LogP) is 2.01. The summed E-state index contributed by atoms with van der Waals surface area (Å²) in [4.78, 5) is 11.9. The van der Waals surface area contributed by atoms with Crippen molar-refractivity contribution in [3.05, 3.63) is 14.7 Å². The number of carbonyl (C=O) groups is 1. The van der Waals surface area contributed by atoms with Gasteiger partial charge >= 0.3 is 5.97 Å². The Balaban J connectivity index is 2.96. The van der Waals surface area contributed by atoms with Crippen LogP contribution in [-0.2, 0) is 4.74 Å². The molecule has 1 rings (SSSR count). The zero-order valence-corrected chi connectivity index (χ0v) is 11.1. The fourth-order valence-electron chi connectivity index (χ4n) is 0.911. The molecule has 82 valence electrons. The standard InChI is InChI=1S/C9H11BrN2O2S/c1-12(2)5-11-6-4-7(10)15-8(6)9(13)14-3/h4-5H,1-3H3/p+1. The Morgan fingerprint density at radius 3 is 2.87 bits per heavy atom. The molecule has 0 aromatic carbocycles. The van der Waals surface area contributed by atoms with Crippen LogP contribution in [0.3, 0.4) is 0 Å². The highest BCUT2D eigenvalue weighted by atomic mass is 79.9. The van der Waals surface area contributed by atoms with E-state index in [9.17, 15) is 4.79 Å². The summed E-state index contributed by atoms with van der Waals surface area (Å²) < 4.78 is 7.42. The van der Waals surface area contributed by atoms with Crippen LogP contribution in [0.4, 0.5) is 5.69 Å². The molecule has 0 saturated carbocycles. The quantitative estimate of drug-likeness (QED) is 0.401. The first-order valence-electron chi connectivity index (χ1n) is 4.18. The summed E-state index contributed by atoms with van der Waals surface area (Å²) in [7, 11) is 5.16. The molecule has 6 heteroatoms. The molecule has 0 aliphatic heterocycles. The van der Waals surface area contributed by atoms with E-state index in [0.29, 0.717) is 4.88 Å². The van der Waals surface area contributed by atoms with Crippen LogP contribution in [0, 0.1) is 0 Å². The summed E-state index contributed by atoms with van der Waals surface area (Å²) in [6.45, 7) is 0. The summed E-state index contributed by atoms with van der Waals surface area (Å²) in [5.41, 5.74) is 0.743. The van der Waals surface area contributed by atoms with E-state index in [-0.39, 0.29) is 5.97 Å². The molecule has 0 spiro atoms. The molecule has 0 unspecified atom stereocenters. The maximum atomic E-state index is 11.4. The number of carbonyl (C=O) groups excluding carboxylic acids is 1. The molecule has 0 fully saturated rings. The molecule has 0 atom stereocenters. The van der Waals surface area contributed by atoms with Crippen LogP contribution in [0.25, 0.3) is 0 Å². The Kier molecular flexibility index (Phi) is 4.28. The average molecular weight is 292 g/mol. The van der Waals surface area contributed by atoms with E-state index in [0.717, 1.165) is 9.47 Å². The van der Waals surface area contributed by atoms with Gasteiger partial charge in [0.2, 0.25) is 6.34 Å². The molecule has 0 aliphatic rings. The molecule has 15 heavy (non-hydrogen) atoms. The van der Waals surface area contributed by atoms with Gasteiger partial charge in [0.15, 0.2) is 10.6 Å². The van der Waals surface area contributed by atoms with Crippen LogP contribution in [0.5, 0.6) is 0 Å². The number of esters is 1. The lowest BCUT2D eigenvalue weighted by atomic mass is 10.4. The number of hydrogen-bond donors (Lipinski definition) is 1. The van der Waals surface area contributed by atoms with Crippen molar-refractivity contribution in [2.45, 2.75) is 0 Å². The second-order valence-electron chi connectivity index (χ2n) is 3.02. The van der Waals surface area contributed by atoms with Gasteiger partial charge in [-0.3, -0.25) is 4.58 Å². The zero-order chi connectivity index (χ0) is 11.4. The molecule has 0 amide bonds. The van der Waals surface area contributed by atoms with Crippen LogP contribution < -0.4 is 5.32 Å². The molecule has 0 bridgehead atoms. The van der Waals surface area contributed by atoms with Gasteiger partial charge in [-0.15, -0.1) is 11.3 Å². The lowest BCUT2D eigenvalue weighted by molar-refractivity contribution is -0.459. The fourth-order valence-corrected chi connectivity index (χ4v) is 2.39. The third kappa shape index (κ3) is 3.32. The van der Waals surface area contributed by atoms with Gasteiger partial charge < -0.3 is 4.74 Å². The highest BCUT2D eigenvalue weighted by molar-refractivity contribution is 9.11. The Hall–Kier alpha value is -0.880. The summed E-state index contributed by atoms with van der Waals surface area (Å²) in [6, 6.07) is 1.84. The van der Waals surface area contributed by atoms with Crippen molar-refractivity contribution in [2.75, 3.05) is 26.5 Å². The largest absolute Gasteiger partial charge is 0.465 e. The second-order valence-corrected chi connectivity index (χ2v) is 5.45. The molecular formula is C9H12BrN2O2S+. The normalized spacial score (nSPS) is 9.60. The highest BCUT2D eigenvalue weighted by Gasteiger charge is 2.18. The summed E-state index contributed by atoms with van der Waals surface area (Å²) in [6.07, 6.45) is 1.76. The number of nitrogens with one attached hydrogen (secondary N) is 1. The van der Waals surface area contributed by atoms with Gasteiger partial charge in [-0.2, -0.15) is 0 Å². The summed E-state index contributed by atoms with van der Waals surface area (Å²) >= 11 is 4.67. The van der Waals surface area contributed by atoms with Crippen LogP contribution in [0.15, 0.2) is 9.85 Å². The van der Waals surface area contributed by atoms with Crippen molar-refractivity contribution in [1.29, 1.82) is 0 Å². The van der Waals surface area contributed by atoms with Crippen molar-refractivity contribution >= 4 is 45.3 Å². The van der Waals surface area contributed by atoms with E-state index in [4.69, 9.17) is 0 Å². The minimum Gasteiger partial charge on any atom is -0.465 e. The van der Waals surface area contributed by atoms with Crippen molar-refractivity contribution < 1.29 is 14.1 Å². The third-order valence-electron chi connectivity index (χ3n) is 1.55. The first-order valence-corrected chi connectivity index (χ1v) is 5.79. The van der Waals surface area contributed by atoms with Crippen LogP contribution in [-0.4, -0.2) is 38.1 Å². The lowest BCUT2D eigenvalue weighted by Crippen LogP contribution is -2.09. The van der Waals surface area contributed by atoms with E-state index in [2.05, 4.69) is 26.0 Å². The van der Waals surface area contributed by atoms with E-state index in [1.807, 2.05) is 24.7 Å². The van der Waals surface area contributed by atoms with Gasteiger partial charge in [-0.25, -0.2) is 10.1 Å². The van der Waals surface area contributed by atoms with E-state index in [1.54, 1.807) is 6.34 Å². The number of rotatable bonds is 3. The number of thiophene rings is 1. The summed E-state index contributed by atoms with van der Waals surface area (Å²) in [5, 5.41) is 3.03. The molecule has 0 radical (unpaired) electrons. The van der Waals surface area contributed by atoms with Crippen molar-refractivity contribution in [3.63, 3.8) is 0 Å². The number of halogens is 1. The fraction of sp³-hybridized carbons (Fsp3) is 0.333. The van der Waals surface area contributed by atoms with Crippen LogP contribution in [0.2, 0.25) is 0 Å². The van der Waals surface area contributed by atoms with Crippen LogP contribution >= 0.6 is 27.3 Å². The Morgan fingerprint density at radius 2 is 2.33 bits per heavy atom. The minimum absolute atomic E-state index is 0.333. The van der Waals surface area contributed by atoms with Crippen LogP contribution in [0.1, 0.15) is 9.67 Å². The first kappa shape index (κ1) is 12.2. The predicted molar refractivity (Wildman–Crippen MR) is 65.2 cm³/mol. The average Bonchev–Trinajstić information content (AvgIpc) is 2.55. The number of anilines is 1. The molecule has 4 nitrogen and oxygen atoms in total. The molecule has 1 heterocycles. The Bertz CT molecular complexity index is 397. The first-order chi connectivity index (χ1) is 7.04. The third-order valence-corrected chi connectivity index (χ3v) is 3.17.